The average Bonchev–Trinajstić information content (AvgIpc) is 4.03. The Bertz CT molecular complexity index is 2410. The van der Waals surface area contributed by atoms with Crippen LogP contribution in [0.4, 0.5) is 0 Å². The number of epoxide rings is 1. The molecule has 0 radical (unpaired) electrons. The van der Waals surface area contributed by atoms with Gasteiger partial charge in [-0.25, -0.2) is 4.79 Å². The van der Waals surface area contributed by atoms with Crippen LogP contribution in [0.1, 0.15) is 124 Å². The average molecular weight is 913 g/mol. The third-order valence-corrected chi connectivity index (χ3v) is 17.2. The maximum atomic E-state index is 15.6. The first-order valence-corrected chi connectivity index (χ1v) is 25.4. The van der Waals surface area contributed by atoms with Gasteiger partial charge in [0.05, 0.1) is 25.5 Å². The normalized spacial score (nSPS) is 36.9. The third-order valence-electron chi connectivity index (χ3n) is 17.2. The largest absolute Gasteiger partial charge is 0.463 e. The molecule has 0 amide bonds. The van der Waals surface area contributed by atoms with Crippen LogP contribution in [0.5, 0.6) is 0 Å². The first kappa shape index (κ1) is 46.2. The van der Waals surface area contributed by atoms with E-state index in [2.05, 4.69) is 70.8 Å². The molecular weight excluding hydrogens is 841 g/mol. The van der Waals surface area contributed by atoms with Gasteiger partial charge in [0.1, 0.15) is 5.82 Å². The molecule has 5 heterocycles. The number of likely N-dealkylation sites (N-methyl/N-ethyl adjacent to an activating group) is 1. The van der Waals surface area contributed by atoms with Gasteiger partial charge in [-0.2, -0.15) is 0 Å². The molecule has 5 aliphatic heterocycles. The lowest BCUT2D eigenvalue weighted by molar-refractivity contribution is -0.150. The first-order valence-electron chi connectivity index (χ1n) is 25.4. The molecule has 1 aromatic rings. The number of aliphatic hydroxyl groups is 1. The van der Waals surface area contributed by atoms with Crippen molar-refractivity contribution in [3.05, 3.63) is 117 Å². The van der Waals surface area contributed by atoms with Gasteiger partial charge in [0.2, 0.25) is 5.78 Å². The number of ether oxygens (including phenoxy) is 2. The van der Waals surface area contributed by atoms with E-state index in [9.17, 15) is 5.11 Å². The van der Waals surface area contributed by atoms with Gasteiger partial charge in [0.15, 0.2) is 11.4 Å². The molecule has 0 aromatic heterocycles. The highest BCUT2D eigenvalue weighted by Crippen LogP contribution is 2.60. The number of nitrogens with one attached hydrogen (secondary N) is 5. The van der Waals surface area contributed by atoms with Crippen LogP contribution >= 0.6 is 0 Å². The third kappa shape index (κ3) is 8.22. The second-order valence-corrected chi connectivity index (χ2v) is 21.6. The summed E-state index contributed by atoms with van der Waals surface area (Å²) in [4.78, 5) is 46.2. The van der Waals surface area contributed by atoms with Crippen LogP contribution in [-0.2, 0) is 20.7 Å². The lowest BCUT2D eigenvalue weighted by atomic mass is 9.67. The summed E-state index contributed by atoms with van der Waals surface area (Å²) in [6, 6.07) is 5.52. The Labute approximate surface area is 396 Å². The SMILES string of the molecule is CCN[C@H]1C=C2C=CC[C@H]3CCCC[C@@](C)(CC4=CNC(N)C=C4)Cc4cccc5c4C(=O)[C@]4(O[C@@]4(C/C(CO)=C(\C)C[C@@H]4CC[C@@H]6C[C@H](NC)NC7=C6C4=CCN7)C5=O)C(=O)OC[C@@H]1C[C@@H]23. The molecule has 9 aliphatic rings. The minimum Gasteiger partial charge on any atom is -0.463 e. The number of cyclic esters (lactones) is 1. The van der Waals surface area contributed by atoms with Gasteiger partial charge in [-0.1, -0.05) is 80.8 Å². The van der Waals surface area contributed by atoms with Crippen molar-refractivity contribution < 1.29 is 29.0 Å². The predicted molar refractivity (Wildman–Crippen MR) is 259 cm³/mol. The number of dihydropyridines is 2. The summed E-state index contributed by atoms with van der Waals surface area (Å²) < 4.78 is 13.0. The van der Waals surface area contributed by atoms with E-state index in [4.69, 9.17) is 15.2 Å². The smallest absolute Gasteiger partial charge is 0.350 e. The molecule has 8 N–H and O–H groups in total. The number of fused-ring (bicyclic) bond motifs is 1. The van der Waals surface area contributed by atoms with E-state index in [0.717, 1.165) is 99.8 Å². The zero-order valence-electron chi connectivity index (χ0n) is 40.0. The minimum absolute atomic E-state index is 0.0153. The second kappa shape index (κ2) is 18.4. The molecule has 1 saturated heterocycles. The fourth-order valence-corrected chi connectivity index (χ4v) is 13.7. The van der Waals surface area contributed by atoms with Crippen LogP contribution in [0, 0.1) is 35.0 Å². The van der Waals surface area contributed by atoms with E-state index >= 15 is 14.4 Å². The Hall–Kier alpha value is -4.59. The summed E-state index contributed by atoms with van der Waals surface area (Å²) in [6.45, 7) is 7.66. The Morgan fingerprint density at radius 2 is 1.93 bits per heavy atom. The van der Waals surface area contributed by atoms with E-state index in [1.807, 2.05) is 38.4 Å². The molecule has 1 unspecified atom stereocenters. The van der Waals surface area contributed by atoms with E-state index in [1.54, 1.807) is 6.07 Å². The van der Waals surface area contributed by atoms with Crippen LogP contribution in [0.2, 0.25) is 0 Å². The lowest BCUT2D eigenvalue weighted by Crippen LogP contribution is -2.52. The molecule has 1 saturated carbocycles. The van der Waals surface area contributed by atoms with Crippen molar-refractivity contribution in [2.24, 2.45) is 40.7 Å². The fraction of sp³-hybridized carbons (Fsp3) is 0.582. The highest BCUT2D eigenvalue weighted by Gasteiger charge is 2.86. The monoisotopic (exact) mass is 913 g/mol. The van der Waals surface area contributed by atoms with Crippen molar-refractivity contribution in [1.82, 2.24) is 26.6 Å². The molecule has 1 aromatic carbocycles. The number of esters is 1. The van der Waals surface area contributed by atoms with Crippen LogP contribution in [0.3, 0.4) is 0 Å². The van der Waals surface area contributed by atoms with Crippen molar-refractivity contribution in [1.29, 1.82) is 0 Å². The van der Waals surface area contributed by atoms with Crippen LogP contribution in [-0.4, -0.2) is 85.6 Å². The Balaban J connectivity index is 1.02. The summed E-state index contributed by atoms with van der Waals surface area (Å²) in [5.41, 5.74) is 9.90. The van der Waals surface area contributed by atoms with Crippen LogP contribution < -0.4 is 32.3 Å². The minimum atomic E-state index is -2.17. The molecule has 358 valence electrons. The van der Waals surface area contributed by atoms with E-state index in [-0.39, 0.29) is 66.4 Å². The number of hydrogen-bond donors (Lipinski definition) is 7. The zero-order valence-corrected chi connectivity index (χ0v) is 40.0. The number of ketones is 2. The molecule has 2 fully saturated rings. The summed E-state index contributed by atoms with van der Waals surface area (Å²) >= 11 is 0. The number of allylic oxidation sites excluding steroid dienone is 8. The molecule has 12 nitrogen and oxygen atoms in total. The maximum absolute atomic E-state index is 15.6. The molecular formula is C55H72N6O6. The number of carbonyl (C=O) groups excluding carboxylic acids is 3. The first-order chi connectivity index (χ1) is 32.4. The quantitative estimate of drug-likeness (QED) is 0.0590. The van der Waals surface area contributed by atoms with Gasteiger partial charge in [-0.3, -0.25) is 9.59 Å². The summed E-state index contributed by atoms with van der Waals surface area (Å²) in [5, 5.41) is 28.7. The van der Waals surface area contributed by atoms with Crippen molar-refractivity contribution in [2.45, 2.75) is 134 Å². The number of carbonyl (C=O) groups is 3. The standard InChI is InChI=1S/C55H72N6O6/c1-5-58-44-24-35-12-8-11-34-10-6-7-20-53(3,26-33-15-18-45(56)60-29-33)27-38-13-9-14-42-47(38)50(64)55(52(65)66-31-39(44)23-43(34)35)54(67-55,49(42)63)28-40(30-62)32(2)22-36-16-17-37-25-46(57-4)61-51-48(37)41(36)19-21-59-51/h8-9,12-15,18-19,24,29,34,36-37,39,43-46,57-62H,5-7,10-11,16-17,20-23,25-28,30-31,56H2,1-4H3/b40-32-/t34-,36+,37-,39+,43-,44+,45?,46-,53+,54+,55+/m1/s1. The van der Waals surface area contributed by atoms with Gasteiger partial charge in [-0.05, 0) is 153 Å². The molecule has 11 atom stereocenters. The summed E-state index contributed by atoms with van der Waals surface area (Å²) in [7, 11) is 1.99. The van der Waals surface area contributed by atoms with Crippen molar-refractivity contribution >= 4 is 17.5 Å². The van der Waals surface area contributed by atoms with Crippen LogP contribution in [0.25, 0.3) is 0 Å². The lowest BCUT2D eigenvalue weighted by Gasteiger charge is -2.44. The summed E-state index contributed by atoms with van der Waals surface area (Å²) in [6.07, 6.45) is 26.2. The fourth-order valence-electron chi connectivity index (χ4n) is 13.7. The number of aliphatic hydroxyl groups excluding tert-OH is 1. The van der Waals surface area contributed by atoms with Crippen LogP contribution in [0.15, 0.2) is 100 Å². The van der Waals surface area contributed by atoms with Gasteiger partial charge >= 0.3 is 5.97 Å². The maximum Gasteiger partial charge on any atom is 0.350 e. The van der Waals surface area contributed by atoms with Gasteiger partial charge in [-0.15, -0.1) is 0 Å². The topological polar surface area (TPSA) is 179 Å². The van der Waals surface area contributed by atoms with E-state index in [0.29, 0.717) is 36.2 Å². The molecule has 4 bridgehead atoms. The number of Topliss-reactive ketones (excluding diaryl/α,β-unsaturated/α-hetero) is 2. The molecule has 4 aliphatic carbocycles. The van der Waals surface area contributed by atoms with E-state index in [1.165, 1.54) is 16.7 Å². The Morgan fingerprint density at radius 3 is 2.72 bits per heavy atom. The number of rotatable bonds is 10. The van der Waals surface area contributed by atoms with Gasteiger partial charge < -0.3 is 46.9 Å². The predicted octanol–water partition coefficient (Wildman–Crippen LogP) is 6.47. The Kier molecular flexibility index (Phi) is 12.7. The molecule has 10 rings (SSSR count). The Morgan fingerprint density at radius 1 is 1.06 bits per heavy atom. The molecule has 1 spiro atoms. The number of hydrogen-bond acceptors (Lipinski definition) is 12. The zero-order chi connectivity index (χ0) is 46.7. The molecule has 67 heavy (non-hydrogen) atoms. The second-order valence-electron chi connectivity index (χ2n) is 21.6. The summed E-state index contributed by atoms with van der Waals surface area (Å²) in [5.74, 6) is 0.874. The van der Waals surface area contributed by atoms with Crippen molar-refractivity contribution in [3.63, 3.8) is 0 Å². The highest BCUT2D eigenvalue weighted by atomic mass is 16.7. The van der Waals surface area contributed by atoms with Crippen molar-refractivity contribution in [2.75, 3.05) is 33.4 Å². The van der Waals surface area contributed by atoms with Gasteiger partial charge in [0.25, 0.3) is 5.60 Å². The van der Waals surface area contributed by atoms with Gasteiger partial charge in [0, 0.05) is 42.3 Å². The number of nitrogens with two attached hydrogens (primary N) is 1. The number of benzene rings is 1. The molecule has 12 heteroatoms. The highest BCUT2D eigenvalue weighted by molar-refractivity contribution is 6.33. The van der Waals surface area contributed by atoms with E-state index < -0.39 is 28.7 Å². The van der Waals surface area contributed by atoms with Crippen molar-refractivity contribution in [3.8, 4) is 0 Å².